The number of carbonyl (C=O) groups excluding carboxylic acids is 3. The quantitative estimate of drug-likeness (QED) is 0.645. The molecule has 0 fully saturated rings. The molecule has 0 aromatic carbocycles. The van der Waals surface area contributed by atoms with Crippen LogP contribution in [-0.4, -0.2) is 24.8 Å². The first-order valence-corrected chi connectivity index (χ1v) is 7.18. The van der Waals surface area contributed by atoms with Crippen LogP contribution in [0, 0.1) is 22.7 Å². The molecule has 0 radical (unpaired) electrons. The summed E-state index contributed by atoms with van der Waals surface area (Å²) in [7, 11) is 1.51. The highest BCUT2D eigenvalue weighted by molar-refractivity contribution is 5.93. The van der Waals surface area contributed by atoms with E-state index in [0.717, 1.165) is 0 Å². The van der Waals surface area contributed by atoms with E-state index in [1.807, 2.05) is 34.6 Å². The fourth-order valence-corrected chi connectivity index (χ4v) is 3.28. The SMILES string of the molecule is CNC(=O)[C@@H](C(C)(C)C)C(CC(N)=O)(CC(C)C)C(N)=O. The van der Waals surface area contributed by atoms with E-state index in [0.29, 0.717) is 6.42 Å². The maximum Gasteiger partial charge on any atom is 0.225 e. The smallest absolute Gasteiger partial charge is 0.225 e. The van der Waals surface area contributed by atoms with Gasteiger partial charge in [0.2, 0.25) is 17.7 Å². The van der Waals surface area contributed by atoms with Gasteiger partial charge in [0.05, 0.1) is 11.3 Å². The molecule has 0 spiro atoms. The van der Waals surface area contributed by atoms with Crippen molar-refractivity contribution in [2.24, 2.45) is 34.1 Å². The molecule has 6 heteroatoms. The van der Waals surface area contributed by atoms with Gasteiger partial charge in [-0.15, -0.1) is 0 Å². The molecule has 0 aliphatic heterocycles. The van der Waals surface area contributed by atoms with Gasteiger partial charge in [0, 0.05) is 13.5 Å². The van der Waals surface area contributed by atoms with Crippen LogP contribution in [0.25, 0.3) is 0 Å². The minimum absolute atomic E-state index is 0.0892. The second-order valence-electron chi connectivity index (χ2n) is 7.17. The van der Waals surface area contributed by atoms with Gasteiger partial charge in [0.15, 0.2) is 0 Å². The Morgan fingerprint density at radius 1 is 1.10 bits per heavy atom. The number of nitrogens with one attached hydrogen (secondary N) is 1. The first-order chi connectivity index (χ1) is 9.38. The third-order valence-corrected chi connectivity index (χ3v) is 3.68. The summed E-state index contributed by atoms with van der Waals surface area (Å²) in [6.07, 6.45) is 0.108. The number of nitrogens with two attached hydrogens (primary N) is 2. The van der Waals surface area contributed by atoms with Crippen LogP contribution in [0.2, 0.25) is 0 Å². The van der Waals surface area contributed by atoms with Gasteiger partial charge in [-0.3, -0.25) is 14.4 Å². The molecule has 0 heterocycles. The number of hydrogen-bond acceptors (Lipinski definition) is 3. The van der Waals surface area contributed by atoms with Crippen LogP contribution in [-0.2, 0) is 14.4 Å². The first-order valence-electron chi connectivity index (χ1n) is 7.18. The normalized spacial score (nSPS) is 16.1. The zero-order chi connectivity index (χ0) is 17.0. The zero-order valence-electron chi connectivity index (χ0n) is 13.9. The molecule has 2 atom stereocenters. The van der Waals surface area contributed by atoms with Crippen molar-refractivity contribution >= 4 is 17.7 Å². The largest absolute Gasteiger partial charge is 0.370 e. The number of carbonyl (C=O) groups is 3. The van der Waals surface area contributed by atoms with Crippen LogP contribution in [0.3, 0.4) is 0 Å². The van der Waals surface area contributed by atoms with Crippen molar-refractivity contribution in [2.75, 3.05) is 7.05 Å². The number of primary amides is 2. The fraction of sp³-hybridized carbons (Fsp3) is 0.800. The lowest BCUT2D eigenvalue weighted by Crippen LogP contribution is -2.55. The van der Waals surface area contributed by atoms with Gasteiger partial charge >= 0.3 is 0 Å². The Morgan fingerprint density at radius 3 is 1.81 bits per heavy atom. The molecule has 0 bridgehead atoms. The Balaban J connectivity index is 6.18. The predicted molar refractivity (Wildman–Crippen MR) is 81.9 cm³/mol. The molecule has 0 aliphatic rings. The Bertz CT molecular complexity index is 413. The topological polar surface area (TPSA) is 115 Å². The van der Waals surface area contributed by atoms with Gasteiger partial charge in [-0.25, -0.2) is 0 Å². The Morgan fingerprint density at radius 2 is 1.57 bits per heavy atom. The molecule has 3 amide bonds. The number of amides is 3. The second kappa shape index (κ2) is 6.91. The summed E-state index contributed by atoms with van der Waals surface area (Å²) >= 11 is 0. The van der Waals surface area contributed by atoms with Crippen molar-refractivity contribution < 1.29 is 14.4 Å². The molecule has 5 N–H and O–H groups in total. The maximum absolute atomic E-state index is 12.4. The van der Waals surface area contributed by atoms with Gasteiger partial charge in [0.25, 0.3) is 0 Å². The summed E-state index contributed by atoms with van der Waals surface area (Å²) in [6, 6.07) is 0. The molecule has 6 nitrogen and oxygen atoms in total. The highest BCUT2D eigenvalue weighted by Gasteiger charge is 2.53. The molecule has 0 rings (SSSR count). The van der Waals surface area contributed by atoms with Gasteiger partial charge < -0.3 is 16.8 Å². The van der Waals surface area contributed by atoms with Crippen molar-refractivity contribution in [3.05, 3.63) is 0 Å². The van der Waals surface area contributed by atoms with E-state index in [1.54, 1.807) is 0 Å². The maximum atomic E-state index is 12.4. The standard InChI is InChI=1S/C15H29N3O3/c1-9(2)7-15(13(17)21,8-10(16)19)11(12(20)18-6)14(3,4)5/h9,11H,7-8H2,1-6H3,(H2,16,19)(H2,17,21)(H,18,20)/t11-,15?/m0/s1. The van der Waals surface area contributed by atoms with Crippen LogP contribution < -0.4 is 16.8 Å². The summed E-state index contributed by atoms with van der Waals surface area (Å²) in [6.45, 7) is 9.40. The lowest BCUT2D eigenvalue weighted by Gasteiger charge is -2.44. The van der Waals surface area contributed by atoms with Crippen LogP contribution in [0.1, 0.15) is 47.5 Å². The molecule has 122 valence electrons. The molecule has 0 aliphatic carbocycles. The lowest BCUT2D eigenvalue weighted by atomic mass is 9.58. The Kier molecular flexibility index (Phi) is 6.39. The van der Waals surface area contributed by atoms with Gasteiger partial charge in [-0.1, -0.05) is 34.6 Å². The summed E-state index contributed by atoms with van der Waals surface area (Å²) < 4.78 is 0. The van der Waals surface area contributed by atoms with Crippen molar-refractivity contribution in [3.8, 4) is 0 Å². The zero-order valence-corrected chi connectivity index (χ0v) is 13.9. The average molecular weight is 299 g/mol. The van der Waals surface area contributed by atoms with Crippen molar-refractivity contribution in [3.63, 3.8) is 0 Å². The van der Waals surface area contributed by atoms with Crippen LogP contribution >= 0.6 is 0 Å². The predicted octanol–water partition coefficient (Wildman–Crippen LogP) is 0.788. The average Bonchev–Trinajstić information content (AvgIpc) is 2.24. The van der Waals surface area contributed by atoms with Crippen LogP contribution in [0.15, 0.2) is 0 Å². The molecule has 0 aromatic rings. The molecular formula is C15H29N3O3. The Hall–Kier alpha value is -1.59. The van der Waals surface area contributed by atoms with E-state index in [2.05, 4.69) is 5.32 Å². The monoisotopic (exact) mass is 299 g/mol. The van der Waals surface area contributed by atoms with Crippen LogP contribution in [0.4, 0.5) is 0 Å². The summed E-state index contributed by atoms with van der Waals surface area (Å²) in [5, 5.41) is 2.58. The van der Waals surface area contributed by atoms with Crippen molar-refractivity contribution in [2.45, 2.75) is 47.5 Å². The van der Waals surface area contributed by atoms with Gasteiger partial charge in [-0.2, -0.15) is 0 Å². The minimum atomic E-state index is -1.28. The molecule has 0 aromatic heterocycles. The summed E-state index contributed by atoms with van der Waals surface area (Å²) in [4.78, 5) is 36.2. The highest BCUT2D eigenvalue weighted by Crippen LogP contribution is 2.47. The third kappa shape index (κ3) is 4.72. The van der Waals surface area contributed by atoms with Gasteiger partial charge in [-0.05, 0) is 17.8 Å². The van der Waals surface area contributed by atoms with E-state index in [1.165, 1.54) is 7.05 Å². The second-order valence-corrected chi connectivity index (χ2v) is 7.17. The van der Waals surface area contributed by atoms with Gasteiger partial charge in [0.1, 0.15) is 0 Å². The molecule has 0 saturated heterocycles. The fourth-order valence-electron chi connectivity index (χ4n) is 3.28. The minimum Gasteiger partial charge on any atom is -0.370 e. The van der Waals surface area contributed by atoms with E-state index in [-0.39, 0.29) is 18.2 Å². The van der Waals surface area contributed by atoms with Crippen molar-refractivity contribution in [1.82, 2.24) is 5.32 Å². The molecule has 1 unspecified atom stereocenters. The lowest BCUT2D eigenvalue weighted by molar-refractivity contribution is -0.150. The highest BCUT2D eigenvalue weighted by atomic mass is 16.2. The summed E-state index contributed by atoms with van der Waals surface area (Å²) in [5.41, 5.74) is 9.15. The van der Waals surface area contributed by atoms with E-state index in [4.69, 9.17) is 11.5 Å². The first kappa shape index (κ1) is 19.4. The molecular weight excluding hydrogens is 270 g/mol. The third-order valence-electron chi connectivity index (χ3n) is 3.68. The Labute approximate surface area is 127 Å². The molecule has 21 heavy (non-hydrogen) atoms. The van der Waals surface area contributed by atoms with E-state index < -0.39 is 28.6 Å². The van der Waals surface area contributed by atoms with E-state index >= 15 is 0 Å². The van der Waals surface area contributed by atoms with Crippen molar-refractivity contribution in [1.29, 1.82) is 0 Å². The number of rotatable bonds is 7. The summed E-state index contributed by atoms with van der Waals surface area (Å²) in [5.74, 6) is -2.23. The molecule has 0 saturated carbocycles. The van der Waals surface area contributed by atoms with E-state index in [9.17, 15) is 14.4 Å². The van der Waals surface area contributed by atoms with Crippen LogP contribution in [0.5, 0.6) is 0 Å². The number of hydrogen-bond donors (Lipinski definition) is 3.